The van der Waals surface area contributed by atoms with Crippen molar-refractivity contribution in [1.29, 1.82) is 0 Å². The van der Waals surface area contributed by atoms with Crippen LogP contribution in [0.25, 0.3) is 0 Å². The minimum atomic E-state index is 0.0529. The van der Waals surface area contributed by atoms with Crippen LogP contribution in [0.5, 0.6) is 0 Å². The Bertz CT molecular complexity index is 288. The summed E-state index contributed by atoms with van der Waals surface area (Å²) in [5.74, 6) is 0.342. The Morgan fingerprint density at radius 2 is 1.48 bits per heavy atom. The molecule has 0 aromatic carbocycles. The second kappa shape index (κ2) is 8.77. The normalized spacial score (nSPS) is 23.0. The summed E-state index contributed by atoms with van der Waals surface area (Å²) < 4.78 is 0. The molecule has 21 heavy (non-hydrogen) atoms. The Kier molecular flexibility index (Phi) is 7.01. The summed E-state index contributed by atoms with van der Waals surface area (Å²) in [5, 5.41) is 0. The molecular weight excluding hydrogens is 260 g/mol. The summed E-state index contributed by atoms with van der Waals surface area (Å²) in [5.41, 5.74) is 6.13. The van der Waals surface area contributed by atoms with E-state index in [0.717, 1.165) is 12.8 Å². The van der Waals surface area contributed by atoms with E-state index in [4.69, 9.17) is 5.73 Å². The Labute approximate surface area is 130 Å². The zero-order valence-corrected chi connectivity index (χ0v) is 13.9. The molecule has 2 rings (SSSR count). The molecular formula is C18H34N2O. The van der Waals surface area contributed by atoms with Crippen LogP contribution in [0.4, 0.5) is 0 Å². The maximum absolute atomic E-state index is 12.9. The van der Waals surface area contributed by atoms with Crippen molar-refractivity contribution in [3.63, 3.8) is 0 Å². The largest absolute Gasteiger partial charge is 0.337 e. The molecule has 0 bridgehead atoms. The SMILES string of the molecule is CCCC(N)CC(=O)N(C1CCCCC1)C1CCCCC1. The van der Waals surface area contributed by atoms with Crippen LogP contribution in [0.15, 0.2) is 0 Å². The lowest BCUT2D eigenvalue weighted by molar-refractivity contribution is -0.138. The van der Waals surface area contributed by atoms with Gasteiger partial charge in [0.05, 0.1) is 0 Å². The number of carbonyl (C=O) groups is 1. The molecule has 1 amide bonds. The molecule has 0 heterocycles. The number of rotatable bonds is 6. The van der Waals surface area contributed by atoms with Gasteiger partial charge < -0.3 is 10.6 Å². The van der Waals surface area contributed by atoms with E-state index in [1.54, 1.807) is 0 Å². The second-order valence-corrected chi connectivity index (χ2v) is 7.14. The van der Waals surface area contributed by atoms with Crippen LogP contribution in [0, 0.1) is 0 Å². The van der Waals surface area contributed by atoms with Gasteiger partial charge in [-0.1, -0.05) is 51.9 Å². The standard InChI is InChI=1S/C18H34N2O/c1-2-9-15(19)14-18(21)20(16-10-5-3-6-11-16)17-12-7-4-8-13-17/h15-17H,2-14,19H2,1H3. The number of hydrogen-bond donors (Lipinski definition) is 1. The van der Waals surface area contributed by atoms with Crippen LogP contribution in [-0.4, -0.2) is 28.9 Å². The topological polar surface area (TPSA) is 46.3 Å². The summed E-state index contributed by atoms with van der Waals surface area (Å²) in [6.07, 6.45) is 15.3. The van der Waals surface area contributed by atoms with Crippen molar-refractivity contribution < 1.29 is 4.79 Å². The van der Waals surface area contributed by atoms with Crippen LogP contribution in [-0.2, 0) is 4.79 Å². The van der Waals surface area contributed by atoms with Crippen molar-refractivity contribution in [1.82, 2.24) is 4.90 Å². The van der Waals surface area contributed by atoms with Crippen LogP contribution in [0.2, 0.25) is 0 Å². The van der Waals surface area contributed by atoms with E-state index in [1.807, 2.05) is 0 Å². The number of nitrogens with two attached hydrogens (primary N) is 1. The maximum atomic E-state index is 12.9. The number of carbonyl (C=O) groups excluding carboxylic acids is 1. The molecule has 0 spiro atoms. The Hall–Kier alpha value is -0.570. The van der Waals surface area contributed by atoms with Crippen molar-refractivity contribution in [3.05, 3.63) is 0 Å². The van der Waals surface area contributed by atoms with Crippen LogP contribution >= 0.6 is 0 Å². The van der Waals surface area contributed by atoms with E-state index in [0.29, 0.717) is 24.4 Å². The molecule has 1 atom stereocenters. The van der Waals surface area contributed by atoms with Gasteiger partial charge in [0.1, 0.15) is 0 Å². The van der Waals surface area contributed by atoms with E-state index < -0.39 is 0 Å². The van der Waals surface area contributed by atoms with Crippen LogP contribution < -0.4 is 5.73 Å². The quantitative estimate of drug-likeness (QED) is 0.805. The third-order valence-corrected chi connectivity index (χ3v) is 5.32. The predicted octanol–water partition coefficient (Wildman–Crippen LogP) is 4.00. The molecule has 2 N–H and O–H groups in total. The molecule has 2 aliphatic rings. The fourth-order valence-corrected chi connectivity index (χ4v) is 4.23. The Balaban J connectivity index is 2.00. The summed E-state index contributed by atoms with van der Waals surface area (Å²) in [4.78, 5) is 15.2. The summed E-state index contributed by atoms with van der Waals surface area (Å²) in [6, 6.07) is 1.06. The van der Waals surface area contributed by atoms with Gasteiger partial charge in [-0.05, 0) is 32.1 Å². The molecule has 2 saturated carbocycles. The monoisotopic (exact) mass is 294 g/mol. The van der Waals surface area contributed by atoms with E-state index in [1.165, 1.54) is 64.2 Å². The number of hydrogen-bond acceptors (Lipinski definition) is 2. The van der Waals surface area contributed by atoms with Crippen molar-refractivity contribution >= 4 is 5.91 Å². The second-order valence-electron chi connectivity index (χ2n) is 7.14. The molecule has 1 unspecified atom stereocenters. The van der Waals surface area contributed by atoms with Gasteiger partial charge in [0.2, 0.25) is 5.91 Å². The predicted molar refractivity (Wildman–Crippen MR) is 88.1 cm³/mol. The minimum absolute atomic E-state index is 0.0529. The van der Waals surface area contributed by atoms with Crippen molar-refractivity contribution in [3.8, 4) is 0 Å². The van der Waals surface area contributed by atoms with Crippen molar-refractivity contribution in [2.24, 2.45) is 5.73 Å². The molecule has 0 aliphatic heterocycles. The van der Waals surface area contributed by atoms with Gasteiger partial charge in [0, 0.05) is 24.5 Å². The molecule has 3 heteroatoms. The van der Waals surface area contributed by atoms with Crippen molar-refractivity contribution in [2.75, 3.05) is 0 Å². The molecule has 0 saturated heterocycles. The molecule has 3 nitrogen and oxygen atoms in total. The smallest absolute Gasteiger partial charge is 0.224 e. The highest BCUT2D eigenvalue weighted by Crippen LogP contribution is 2.30. The van der Waals surface area contributed by atoms with Gasteiger partial charge in [0.15, 0.2) is 0 Å². The molecule has 2 fully saturated rings. The van der Waals surface area contributed by atoms with Gasteiger partial charge in [-0.3, -0.25) is 4.79 Å². The highest BCUT2D eigenvalue weighted by atomic mass is 16.2. The summed E-state index contributed by atoms with van der Waals surface area (Å²) in [7, 11) is 0. The van der Waals surface area contributed by atoms with Gasteiger partial charge in [-0.15, -0.1) is 0 Å². The van der Waals surface area contributed by atoms with Crippen LogP contribution in [0.3, 0.4) is 0 Å². The summed E-state index contributed by atoms with van der Waals surface area (Å²) >= 11 is 0. The first-order valence-electron chi connectivity index (χ1n) is 9.29. The zero-order chi connectivity index (χ0) is 15.1. The summed E-state index contributed by atoms with van der Waals surface area (Å²) in [6.45, 7) is 2.14. The first-order chi connectivity index (χ1) is 10.2. The number of nitrogens with zero attached hydrogens (tertiary/aromatic N) is 1. The molecule has 0 aromatic heterocycles. The van der Waals surface area contributed by atoms with Gasteiger partial charge in [0.25, 0.3) is 0 Å². The Morgan fingerprint density at radius 3 is 1.90 bits per heavy atom. The lowest BCUT2D eigenvalue weighted by atomic mass is 9.88. The van der Waals surface area contributed by atoms with Gasteiger partial charge in [-0.25, -0.2) is 0 Å². The fraction of sp³-hybridized carbons (Fsp3) is 0.944. The zero-order valence-electron chi connectivity index (χ0n) is 13.9. The fourth-order valence-electron chi connectivity index (χ4n) is 4.23. The van der Waals surface area contributed by atoms with Crippen LogP contribution in [0.1, 0.15) is 90.4 Å². The first-order valence-corrected chi connectivity index (χ1v) is 9.29. The van der Waals surface area contributed by atoms with Gasteiger partial charge >= 0.3 is 0 Å². The van der Waals surface area contributed by atoms with E-state index in [-0.39, 0.29) is 6.04 Å². The molecule has 0 aromatic rings. The average Bonchev–Trinajstić information content (AvgIpc) is 2.50. The molecule has 2 aliphatic carbocycles. The third kappa shape index (κ3) is 4.98. The molecule has 0 radical (unpaired) electrons. The van der Waals surface area contributed by atoms with Gasteiger partial charge in [-0.2, -0.15) is 0 Å². The maximum Gasteiger partial charge on any atom is 0.224 e. The lowest BCUT2D eigenvalue weighted by Gasteiger charge is -2.42. The minimum Gasteiger partial charge on any atom is -0.337 e. The highest BCUT2D eigenvalue weighted by Gasteiger charge is 2.32. The lowest BCUT2D eigenvalue weighted by Crippen LogP contribution is -2.50. The first kappa shape index (κ1) is 16.8. The van der Waals surface area contributed by atoms with E-state index in [9.17, 15) is 4.79 Å². The van der Waals surface area contributed by atoms with Crippen molar-refractivity contribution in [2.45, 2.75) is 109 Å². The number of amides is 1. The third-order valence-electron chi connectivity index (χ3n) is 5.32. The Morgan fingerprint density at radius 1 is 1.00 bits per heavy atom. The van der Waals surface area contributed by atoms with E-state index in [2.05, 4.69) is 11.8 Å². The molecule has 122 valence electrons. The van der Waals surface area contributed by atoms with E-state index >= 15 is 0 Å². The highest BCUT2D eigenvalue weighted by molar-refractivity contribution is 5.77. The average molecular weight is 294 g/mol.